The van der Waals surface area contributed by atoms with E-state index in [1.165, 1.54) is 21.1 Å². The quantitative estimate of drug-likeness (QED) is 0.162. The van der Waals surface area contributed by atoms with Crippen molar-refractivity contribution in [1.82, 2.24) is 16.0 Å². The number of nitrogens with one attached hydrogen (secondary N) is 3. The number of nitrogens with two attached hydrogens (primary N) is 1. The third-order valence-corrected chi connectivity index (χ3v) is 5.31. The molecule has 1 aromatic carbocycles. The number of methoxy groups -OCH3 is 2. The van der Waals surface area contributed by atoms with Crippen molar-refractivity contribution in [3.8, 4) is 5.75 Å². The predicted molar refractivity (Wildman–Crippen MR) is 134 cm³/mol. The van der Waals surface area contributed by atoms with Gasteiger partial charge in [-0.25, -0.2) is 4.79 Å². The minimum Gasteiger partial charge on any atom is -0.482 e. The number of amides is 3. The number of ether oxygens (including phenoxy) is 3. The first-order chi connectivity index (χ1) is 17.7. The molecule has 2 atom stereocenters. The van der Waals surface area contributed by atoms with Crippen LogP contribution in [-0.2, 0) is 39.9 Å². The molecular weight excluding hydrogens is 484 g/mol. The smallest absolute Gasteiger partial charge is 0.343 e. The molecule has 5 N–H and O–H groups in total. The molecule has 0 aliphatic heterocycles. The molecular formula is C25H38N4O8. The zero-order chi connectivity index (χ0) is 27.6. The zero-order valence-corrected chi connectivity index (χ0v) is 21.7. The van der Waals surface area contributed by atoms with Crippen LogP contribution in [0.15, 0.2) is 24.3 Å². The lowest BCUT2D eigenvalue weighted by Crippen LogP contribution is -2.54. The van der Waals surface area contributed by atoms with Crippen LogP contribution in [0.4, 0.5) is 0 Å². The van der Waals surface area contributed by atoms with Gasteiger partial charge in [-0.3, -0.25) is 19.2 Å². The van der Waals surface area contributed by atoms with Crippen LogP contribution in [0.2, 0.25) is 0 Å². The first kappa shape index (κ1) is 31.4. The Kier molecular flexibility index (Phi) is 15.0. The molecule has 37 heavy (non-hydrogen) atoms. The van der Waals surface area contributed by atoms with E-state index in [1.807, 2.05) is 0 Å². The third kappa shape index (κ3) is 13.3. The highest BCUT2D eigenvalue weighted by Crippen LogP contribution is 2.14. The second-order valence-electron chi connectivity index (χ2n) is 8.28. The van der Waals surface area contributed by atoms with Crippen LogP contribution < -0.4 is 26.4 Å². The first-order valence-electron chi connectivity index (χ1n) is 12.1. The van der Waals surface area contributed by atoms with Crippen molar-refractivity contribution in [3.05, 3.63) is 29.8 Å². The van der Waals surface area contributed by atoms with Crippen molar-refractivity contribution in [2.75, 3.05) is 33.9 Å². The summed E-state index contributed by atoms with van der Waals surface area (Å²) in [6, 6.07) is 4.94. The van der Waals surface area contributed by atoms with E-state index in [-0.39, 0.29) is 37.9 Å². The molecule has 0 aliphatic rings. The summed E-state index contributed by atoms with van der Waals surface area (Å²) in [6.45, 7) is 1.77. The molecule has 0 heterocycles. The minimum absolute atomic E-state index is 0.165. The summed E-state index contributed by atoms with van der Waals surface area (Å²) in [4.78, 5) is 60.1. The molecule has 0 aromatic heterocycles. The minimum atomic E-state index is -0.927. The van der Waals surface area contributed by atoms with Gasteiger partial charge in [0, 0.05) is 26.3 Å². The van der Waals surface area contributed by atoms with E-state index in [1.54, 1.807) is 24.3 Å². The summed E-state index contributed by atoms with van der Waals surface area (Å²) in [7, 11) is 2.56. The van der Waals surface area contributed by atoms with Gasteiger partial charge >= 0.3 is 11.9 Å². The molecule has 3 amide bonds. The van der Waals surface area contributed by atoms with Crippen LogP contribution >= 0.6 is 0 Å². The fraction of sp³-hybridized carbons (Fsp3) is 0.560. The number of carbonyl (C=O) groups excluding carboxylic acids is 5. The molecule has 0 radical (unpaired) electrons. The molecule has 0 fully saturated rings. The Labute approximate surface area is 217 Å². The molecule has 0 saturated heterocycles. The highest BCUT2D eigenvalue weighted by atomic mass is 16.6. The van der Waals surface area contributed by atoms with Crippen LogP contribution in [-0.4, -0.2) is 75.7 Å². The number of unbranched alkanes of at least 4 members (excludes halogenated alkanes) is 1. The molecule has 0 unspecified atom stereocenters. The maximum absolute atomic E-state index is 13.1. The van der Waals surface area contributed by atoms with Gasteiger partial charge in [-0.05, 0) is 49.9 Å². The lowest BCUT2D eigenvalue weighted by atomic mass is 10.0. The Balaban J connectivity index is 2.83. The van der Waals surface area contributed by atoms with Gasteiger partial charge in [-0.15, -0.1) is 0 Å². The largest absolute Gasteiger partial charge is 0.482 e. The van der Waals surface area contributed by atoms with E-state index in [0.29, 0.717) is 38.0 Å². The second-order valence-corrected chi connectivity index (χ2v) is 8.28. The lowest BCUT2D eigenvalue weighted by Gasteiger charge is -2.23. The highest BCUT2D eigenvalue weighted by Gasteiger charge is 2.26. The van der Waals surface area contributed by atoms with Crippen molar-refractivity contribution in [2.45, 2.75) is 57.5 Å². The molecule has 0 saturated carbocycles. The summed E-state index contributed by atoms with van der Waals surface area (Å²) < 4.78 is 14.4. The van der Waals surface area contributed by atoms with Gasteiger partial charge in [-0.2, -0.15) is 0 Å². The molecule has 12 heteroatoms. The average Bonchev–Trinajstić information content (AvgIpc) is 2.88. The number of benzene rings is 1. The van der Waals surface area contributed by atoms with Crippen LogP contribution in [0.1, 0.15) is 44.6 Å². The normalized spacial score (nSPS) is 12.0. The van der Waals surface area contributed by atoms with E-state index >= 15 is 0 Å². The number of rotatable bonds is 17. The highest BCUT2D eigenvalue weighted by molar-refractivity contribution is 5.92. The van der Waals surface area contributed by atoms with Crippen LogP contribution in [0.5, 0.6) is 5.75 Å². The van der Waals surface area contributed by atoms with E-state index in [9.17, 15) is 24.0 Å². The van der Waals surface area contributed by atoms with Crippen LogP contribution in [0, 0.1) is 0 Å². The number of carbonyl (C=O) groups is 5. The maximum atomic E-state index is 13.1. The standard InChI is InChI=1S/C25H38N4O8/c1-17(30)28-21(15-18-9-11-19(12-10-18)37-16-23(32)36-3)25(34)29-20(7-4-5-13-26)24(33)27-14-6-8-22(31)35-2/h9-12,20-21H,4-8,13-16,26H2,1-3H3,(H,27,33)(H,28,30)(H,29,34)/t20-,21-/m0/s1. The summed E-state index contributed by atoms with van der Waals surface area (Å²) in [6.07, 6.45) is 2.40. The Morgan fingerprint density at radius 3 is 2.14 bits per heavy atom. The van der Waals surface area contributed by atoms with E-state index in [0.717, 1.165) is 5.56 Å². The topological polar surface area (TPSA) is 175 Å². The molecule has 0 aliphatic carbocycles. The lowest BCUT2D eigenvalue weighted by molar-refractivity contribution is -0.143. The molecule has 1 rings (SSSR count). The molecule has 12 nitrogen and oxygen atoms in total. The summed E-state index contributed by atoms with van der Waals surface area (Å²) in [5.74, 6) is -1.74. The van der Waals surface area contributed by atoms with Crippen molar-refractivity contribution in [2.24, 2.45) is 5.73 Å². The fourth-order valence-electron chi connectivity index (χ4n) is 3.32. The summed E-state index contributed by atoms with van der Waals surface area (Å²) in [5.41, 5.74) is 6.29. The van der Waals surface area contributed by atoms with Crippen LogP contribution in [0.3, 0.4) is 0 Å². The van der Waals surface area contributed by atoms with E-state index in [4.69, 9.17) is 10.5 Å². The van der Waals surface area contributed by atoms with Crippen molar-refractivity contribution < 1.29 is 38.2 Å². The Hall–Kier alpha value is -3.67. The van der Waals surface area contributed by atoms with Gasteiger partial charge in [0.25, 0.3) is 0 Å². The van der Waals surface area contributed by atoms with E-state index < -0.39 is 29.9 Å². The Morgan fingerprint density at radius 2 is 1.54 bits per heavy atom. The number of hydrogen-bond acceptors (Lipinski definition) is 9. The molecule has 0 spiro atoms. The average molecular weight is 523 g/mol. The van der Waals surface area contributed by atoms with Gasteiger partial charge in [0.05, 0.1) is 14.2 Å². The number of hydrogen-bond donors (Lipinski definition) is 4. The van der Waals surface area contributed by atoms with Crippen molar-refractivity contribution in [1.29, 1.82) is 0 Å². The molecule has 206 valence electrons. The molecule has 1 aromatic rings. The predicted octanol–water partition coefficient (Wildman–Crippen LogP) is -0.0312. The Bertz CT molecular complexity index is 891. The Morgan fingerprint density at radius 1 is 0.865 bits per heavy atom. The van der Waals surface area contributed by atoms with Crippen molar-refractivity contribution >= 4 is 29.7 Å². The fourth-order valence-corrected chi connectivity index (χ4v) is 3.32. The summed E-state index contributed by atoms with van der Waals surface area (Å²) in [5, 5.41) is 8.09. The van der Waals surface area contributed by atoms with Gasteiger partial charge in [0.1, 0.15) is 17.8 Å². The van der Waals surface area contributed by atoms with Crippen LogP contribution in [0.25, 0.3) is 0 Å². The van der Waals surface area contributed by atoms with E-state index in [2.05, 4.69) is 25.4 Å². The van der Waals surface area contributed by atoms with Gasteiger partial charge in [-0.1, -0.05) is 12.1 Å². The third-order valence-electron chi connectivity index (χ3n) is 5.31. The summed E-state index contributed by atoms with van der Waals surface area (Å²) >= 11 is 0. The SMILES string of the molecule is COC(=O)CCCNC(=O)[C@H](CCCCN)NC(=O)[C@H](Cc1ccc(OCC(=O)OC)cc1)NC(C)=O. The zero-order valence-electron chi connectivity index (χ0n) is 21.7. The molecule has 0 bridgehead atoms. The first-order valence-corrected chi connectivity index (χ1v) is 12.1. The second kappa shape index (κ2) is 17.7. The van der Waals surface area contributed by atoms with Crippen molar-refractivity contribution in [3.63, 3.8) is 0 Å². The van der Waals surface area contributed by atoms with Gasteiger partial charge < -0.3 is 35.9 Å². The maximum Gasteiger partial charge on any atom is 0.343 e. The monoisotopic (exact) mass is 522 g/mol. The van der Waals surface area contributed by atoms with Gasteiger partial charge in [0.2, 0.25) is 17.7 Å². The number of esters is 2. The van der Waals surface area contributed by atoms with Gasteiger partial charge in [0.15, 0.2) is 6.61 Å².